The average molecular weight is 168 g/mol. The third-order valence-corrected chi connectivity index (χ3v) is 1.72. The van der Waals surface area contributed by atoms with Crippen molar-refractivity contribution in [3.05, 3.63) is 12.3 Å². The van der Waals surface area contributed by atoms with Crippen molar-refractivity contribution in [2.24, 2.45) is 5.41 Å². The fourth-order valence-electron chi connectivity index (χ4n) is 1.07. The highest BCUT2D eigenvalue weighted by Gasteiger charge is 2.10. The van der Waals surface area contributed by atoms with E-state index < -0.39 is 0 Å². The zero-order chi connectivity index (χ0) is 9.03. The number of hydrogen-bond donors (Lipinski definition) is 0. The first kappa shape index (κ1) is 9.23. The highest BCUT2D eigenvalue weighted by molar-refractivity contribution is 4.74. The fourth-order valence-corrected chi connectivity index (χ4v) is 1.07. The molecule has 0 saturated carbocycles. The molecule has 0 amide bonds. The topological polar surface area (TPSA) is 38.9 Å². The van der Waals surface area contributed by atoms with Gasteiger partial charge in [-0.15, -0.1) is 10.2 Å². The average Bonchev–Trinajstić information content (AvgIpc) is 2.36. The maximum Gasteiger partial charge on any atom is 0.216 e. The second-order valence-corrected chi connectivity index (χ2v) is 4.25. The van der Waals surface area contributed by atoms with Gasteiger partial charge in [0.1, 0.15) is 0 Å². The van der Waals surface area contributed by atoms with Crippen LogP contribution >= 0.6 is 0 Å². The van der Waals surface area contributed by atoms with E-state index in [9.17, 15) is 0 Å². The Bertz CT molecular complexity index is 211. The zero-order valence-electron chi connectivity index (χ0n) is 8.00. The lowest BCUT2D eigenvalue weighted by atomic mass is 9.90. The molecule has 0 aliphatic carbocycles. The molecular formula is C9H16N2O. The highest BCUT2D eigenvalue weighted by Crippen LogP contribution is 2.21. The highest BCUT2D eigenvalue weighted by atomic mass is 16.4. The number of rotatable bonds is 3. The van der Waals surface area contributed by atoms with E-state index in [1.54, 1.807) is 0 Å². The minimum Gasteiger partial charge on any atom is -0.428 e. The molecule has 0 aliphatic heterocycles. The molecule has 0 aliphatic rings. The van der Waals surface area contributed by atoms with Gasteiger partial charge < -0.3 is 4.42 Å². The second kappa shape index (κ2) is 3.70. The fraction of sp³-hybridized carbons (Fsp3) is 0.778. The second-order valence-electron chi connectivity index (χ2n) is 4.25. The number of aromatic nitrogens is 2. The minimum absolute atomic E-state index is 0.403. The quantitative estimate of drug-likeness (QED) is 0.695. The molecule has 1 aromatic rings. The van der Waals surface area contributed by atoms with Gasteiger partial charge in [0.05, 0.1) is 0 Å². The van der Waals surface area contributed by atoms with Crippen LogP contribution in [0.25, 0.3) is 0 Å². The van der Waals surface area contributed by atoms with Crippen molar-refractivity contribution in [2.75, 3.05) is 0 Å². The molecule has 0 N–H and O–H groups in total. The molecule has 0 radical (unpaired) electrons. The van der Waals surface area contributed by atoms with E-state index in [4.69, 9.17) is 4.42 Å². The monoisotopic (exact) mass is 168 g/mol. The standard InChI is InChI=1S/C9H16N2O/c1-9(2,3)6-4-5-8-11-10-7-12-8/h7H,4-6H2,1-3H3. The summed E-state index contributed by atoms with van der Waals surface area (Å²) < 4.78 is 5.03. The van der Waals surface area contributed by atoms with E-state index in [0.29, 0.717) is 5.41 Å². The van der Waals surface area contributed by atoms with Crippen LogP contribution in [0.4, 0.5) is 0 Å². The van der Waals surface area contributed by atoms with E-state index in [-0.39, 0.29) is 0 Å². The van der Waals surface area contributed by atoms with Gasteiger partial charge in [0.2, 0.25) is 12.3 Å². The van der Waals surface area contributed by atoms with Crippen LogP contribution in [0.3, 0.4) is 0 Å². The molecule has 0 fully saturated rings. The summed E-state index contributed by atoms with van der Waals surface area (Å²) in [4.78, 5) is 0. The van der Waals surface area contributed by atoms with Crippen molar-refractivity contribution >= 4 is 0 Å². The third kappa shape index (κ3) is 3.51. The normalized spacial score (nSPS) is 11.9. The molecular weight excluding hydrogens is 152 g/mol. The Morgan fingerprint density at radius 3 is 2.67 bits per heavy atom. The predicted molar refractivity (Wildman–Crippen MR) is 46.7 cm³/mol. The lowest BCUT2D eigenvalue weighted by Gasteiger charge is -2.16. The van der Waals surface area contributed by atoms with Gasteiger partial charge in [-0.1, -0.05) is 20.8 Å². The van der Waals surface area contributed by atoms with Crippen molar-refractivity contribution in [3.8, 4) is 0 Å². The molecule has 0 unspecified atom stereocenters. The van der Waals surface area contributed by atoms with Crippen LogP contribution in [0.2, 0.25) is 0 Å². The lowest BCUT2D eigenvalue weighted by Crippen LogP contribution is -2.04. The summed E-state index contributed by atoms with van der Waals surface area (Å²) in [5.41, 5.74) is 0.403. The van der Waals surface area contributed by atoms with Gasteiger partial charge in [-0.3, -0.25) is 0 Å². The van der Waals surface area contributed by atoms with Crippen molar-refractivity contribution in [1.82, 2.24) is 10.2 Å². The van der Waals surface area contributed by atoms with Gasteiger partial charge in [0.15, 0.2) is 0 Å². The van der Waals surface area contributed by atoms with Crippen molar-refractivity contribution < 1.29 is 4.42 Å². The molecule has 12 heavy (non-hydrogen) atoms. The van der Waals surface area contributed by atoms with Gasteiger partial charge in [0, 0.05) is 6.42 Å². The predicted octanol–water partition coefficient (Wildman–Crippen LogP) is 2.44. The van der Waals surface area contributed by atoms with Crippen LogP contribution in [0.5, 0.6) is 0 Å². The van der Waals surface area contributed by atoms with E-state index in [0.717, 1.165) is 18.7 Å². The molecule has 0 spiro atoms. The van der Waals surface area contributed by atoms with Crippen LogP contribution in [0, 0.1) is 5.41 Å². The molecule has 3 heteroatoms. The Balaban J connectivity index is 2.20. The third-order valence-electron chi connectivity index (χ3n) is 1.72. The van der Waals surface area contributed by atoms with Crippen molar-refractivity contribution in [2.45, 2.75) is 40.0 Å². The maximum atomic E-state index is 5.03. The van der Waals surface area contributed by atoms with E-state index >= 15 is 0 Å². The smallest absolute Gasteiger partial charge is 0.216 e. The summed E-state index contributed by atoms with van der Waals surface area (Å²) in [6.07, 6.45) is 4.59. The van der Waals surface area contributed by atoms with Crippen LogP contribution in [-0.2, 0) is 6.42 Å². The van der Waals surface area contributed by atoms with Gasteiger partial charge in [-0.05, 0) is 18.3 Å². The first-order valence-corrected chi connectivity index (χ1v) is 4.33. The molecule has 0 saturated heterocycles. The number of nitrogens with zero attached hydrogens (tertiary/aromatic N) is 2. The largest absolute Gasteiger partial charge is 0.428 e. The van der Waals surface area contributed by atoms with Crippen LogP contribution < -0.4 is 0 Å². The summed E-state index contributed by atoms with van der Waals surface area (Å²) >= 11 is 0. The Hall–Kier alpha value is -0.860. The van der Waals surface area contributed by atoms with E-state index in [2.05, 4.69) is 31.0 Å². The van der Waals surface area contributed by atoms with Crippen LogP contribution in [0.15, 0.2) is 10.8 Å². The van der Waals surface area contributed by atoms with Crippen LogP contribution in [0.1, 0.15) is 39.5 Å². The summed E-state index contributed by atoms with van der Waals surface area (Å²) in [7, 11) is 0. The Morgan fingerprint density at radius 2 is 2.17 bits per heavy atom. The number of aryl methyl sites for hydroxylation is 1. The summed E-state index contributed by atoms with van der Waals surface area (Å²) in [5.74, 6) is 0.749. The molecule has 3 nitrogen and oxygen atoms in total. The van der Waals surface area contributed by atoms with E-state index in [1.165, 1.54) is 12.8 Å². The first-order chi connectivity index (χ1) is 5.58. The van der Waals surface area contributed by atoms with Crippen molar-refractivity contribution in [1.29, 1.82) is 0 Å². The summed E-state index contributed by atoms with van der Waals surface area (Å²) in [5, 5.41) is 7.44. The minimum atomic E-state index is 0.403. The van der Waals surface area contributed by atoms with Gasteiger partial charge >= 0.3 is 0 Å². The van der Waals surface area contributed by atoms with E-state index in [1.807, 2.05) is 0 Å². The summed E-state index contributed by atoms with van der Waals surface area (Å²) in [6, 6.07) is 0. The Kier molecular flexibility index (Phi) is 2.84. The maximum absolute atomic E-state index is 5.03. The SMILES string of the molecule is CC(C)(C)CCCc1nnco1. The Labute approximate surface area is 73.2 Å². The van der Waals surface area contributed by atoms with Gasteiger partial charge in [-0.2, -0.15) is 0 Å². The molecule has 68 valence electrons. The first-order valence-electron chi connectivity index (χ1n) is 4.33. The molecule has 0 atom stereocenters. The van der Waals surface area contributed by atoms with Crippen molar-refractivity contribution in [3.63, 3.8) is 0 Å². The molecule has 1 heterocycles. The molecule has 0 bridgehead atoms. The van der Waals surface area contributed by atoms with Gasteiger partial charge in [-0.25, -0.2) is 0 Å². The lowest BCUT2D eigenvalue weighted by molar-refractivity contribution is 0.356. The zero-order valence-corrected chi connectivity index (χ0v) is 8.00. The number of hydrogen-bond acceptors (Lipinski definition) is 3. The molecule has 1 aromatic heterocycles. The molecule has 0 aromatic carbocycles. The Morgan fingerprint density at radius 1 is 1.42 bits per heavy atom. The molecule has 1 rings (SSSR count). The summed E-state index contributed by atoms with van der Waals surface area (Å²) in [6.45, 7) is 6.71. The van der Waals surface area contributed by atoms with Crippen LogP contribution in [-0.4, -0.2) is 10.2 Å². The van der Waals surface area contributed by atoms with Gasteiger partial charge in [0.25, 0.3) is 0 Å².